The van der Waals surface area contributed by atoms with E-state index in [0.29, 0.717) is 0 Å². The first kappa shape index (κ1) is 24.9. The van der Waals surface area contributed by atoms with Crippen molar-refractivity contribution in [3.8, 4) is 17.6 Å². The van der Waals surface area contributed by atoms with Gasteiger partial charge in [-0.05, 0) is 44.2 Å². The molecule has 0 spiro atoms. The maximum atomic E-state index is 15.4. The van der Waals surface area contributed by atoms with E-state index < -0.39 is 34.0 Å². The number of nitriles is 1. The Balaban J connectivity index is 1.89. The number of benzene rings is 3. The molecule has 0 N–H and O–H groups in total. The van der Waals surface area contributed by atoms with E-state index in [-0.39, 0.29) is 45.0 Å². The van der Waals surface area contributed by atoms with Crippen LogP contribution in [0.25, 0.3) is 10.9 Å². The number of rotatable bonds is 7. The fraction of sp³-hybridized carbons (Fsp3) is 0.154. The number of halogens is 2. The third-order valence-corrected chi connectivity index (χ3v) is 7.16. The second-order valence-electron chi connectivity index (χ2n) is 7.87. The van der Waals surface area contributed by atoms with E-state index in [1.807, 2.05) is 6.92 Å². The lowest BCUT2D eigenvalue weighted by molar-refractivity contribution is -0.142. The monoisotopic (exact) mass is 510 g/mol. The van der Waals surface area contributed by atoms with Crippen LogP contribution in [0.3, 0.4) is 0 Å². The molecule has 10 heteroatoms. The number of carbonyl (C=O) groups is 1. The second kappa shape index (κ2) is 9.79. The molecule has 0 aliphatic carbocycles. The molecule has 0 bridgehead atoms. The van der Waals surface area contributed by atoms with E-state index in [1.54, 1.807) is 25.1 Å². The molecule has 36 heavy (non-hydrogen) atoms. The van der Waals surface area contributed by atoms with E-state index in [0.717, 1.165) is 27.7 Å². The molecule has 4 rings (SSSR count). The number of esters is 1. The number of hydrogen-bond acceptors (Lipinski definition) is 6. The molecule has 0 unspecified atom stereocenters. The first-order valence-electron chi connectivity index (χ1n) is 10.8. The first-order chi connectivity index (χ1) is 17.1. The van der Waals surface area contributed by atoms with Crippen molar-refractivity contribution in [2.45, 2.75) is 25.2 Å². The van der Waals surface area contributed by atoms with Gasteiger partial charge in [0, 0.05) is 29.3 Å². The van der Waals surface area contributed by atoms with Crippen molar-refractivity contribution in [2.24, 2.45) is 0 Å². The van der Waals surface area contributed by atoms with E-state index in [4.69, 9.17) is 14.7 Å². The average molecular weight is 511 g/mol. The van der Waals surface area contributed by atoms with Crippen LogP contribution in [0.1, 0.15) is 23.6 Å². The summed E-state index contributed by atoms with van der Waals surface area (Å²) in [5.74, 6) is -2.81. The zero-order valence-corrected chi connectivity index (χ0v) is 20.1. The SMILES string of the molecule is CCOC(=O)Cc1c(Oc2ccc(F)c(C#N)c2)c(F)cc2c1ccn2S(=O)(=O)c1ccc(C)cc1. The smallest absolute Gasteiger partial charge is 0.310 e. The summed E-state index contributed by atoms with van der Waals surface area (Å²) in [6, 6.07) is 13.6. The standard InChI is InChI=1S/C26H20F2N2O5S/c1-3-34-25(31)13-21-20-10-11-30(36(32,33)19-7-4-16(2)5-8-19)24(20)14-23(28)26(21)35-18-6-9-22(27)17(12-18)15-29/h4-12,14H,3,13H2,1-2H3. The summed E-state index contributed by atoms with van der Waals surface area (Å²) >= 11 is 0. The van der Waals surface area contributed by atoms with Gasteiger partial charge < -0.3 is 9.47 Å². The van der Waals surface area contributed by atoms with Crippen molar-refractivity contribution in [3.63, 3.8) is 0 Å². The minimum absolute atomic E-state index is 0.00320. The third kappa shape index (κ3) is 4.65. The van der Waals surface area contributed by atoms with Gasteiger partial charge in [0.1, 0.15) is 17.6 Å². The maximum Gasteiger partial charge on any atom is 0.310 e. The largest absolute Gasteiger partial charge is 0.466 e. The van der Waals surface area contributed by atoms with Crippen molar-refractivity contribution < 1.29 is 31.5 Å². The minimum atomic E-state index is -4.08. The molecule has 4 aromatic rings. The molecule has 0 saturated carbocycles. The van der Waals surface area contributed by atoms with Crippen LogP contribution in [0, 0.1) is 29.9 Å². The number of carbonyl (C=O) groups excluding carboxylic acids is 1. The summed E-state index contributed by atoms with van der Waals surface area (Å²) in [4.78, 5) is 12.4. The number of ether oxygens (including phenoxy) is 2. The summed E-state index contributed by atoms with van der Waals surface area (Å²) in [6.07, 6.45) is 0.849. The summed E-state index contributed by atoms with van der Waals surface area (Å²) in [5.41, 5.74) is 0.605. The Hall–Kier alpha value is -4.23. The van der Waals surface area contributed by atoms with E-state index in [2.05, 4.69) is 0 Å². The summed E-state index contributed by atoms with van der Waals surface area (Å²) in [6.45, 7) is 3.52. The van der Waals surface area contributed by atoms with Crippen molar-refractivity contribution >= 4 is 26.9 Å². The maximum absolute atomic E-state index is 15.4. The third-order valence-electron chi connectivity index (χ3n) is 5.45. The summed E-state index contributed by atoms with van der Waals surface area (Å²) in [7, 11) is -4.08. The second-order valence-corrected chi connectivity index (χ2v) is 9.68. The van der Waals surface area contributed by atoms with Crippen LogP contribution in [-0.4, -0.2) is 25.0 Å². The quantitative estimate of drug-likeness (QED) is 0.316. The van der Waals surface area contributed by atoms with Gasteiger partial charge >= 0.3 is 5.97 Å². The van der Waals surface area contributed by atoms with E-state index in [1.165, 1.54) is 30.5 Å². The lowest BCUT2D eigenvalue weighted by atomic mass is 10.0. The highest BCUT2D eigenvalue weighted by atomic mass is 32.2. The molecular weight excluding hydrogens is 490 g/mol. The molecular formula is C26H20F2N2O5S. The van der Waals surface area contributed by atoms with Crippen LogP contribution >= 0.6 is 0 Å². The summed E-state index contributed by atoms with van der Waals surface area (Å²) in [5, 5.41) is 9.33. The van der Waals surface area contributed by atoms with Gasteiger partial charge in [-0.15, -0.1) is 0 Å². The first-order valence-corrected chi connectivity index (χ1v) is 12.3. The number of fused-ring (bicyclic) bond motifs is 1. The fourth-order valence-electron chi connectivity index (χ4n) is 3.72. The van der Waals surface area contributed by atoms with Gasteiger partial charge in [0.25, 0.3) is 10.0 Å². The van der Waals surface area contributed by atoms with Crippen LogP contribution in [-0.2, 0) is 26.0 Å². The highest BCUT2D eigenvalue weighted by Crippen LogP contribution is 2.37. The molecule has 0 aliphatic heterocycles. The molecule has 0 saturated heterocycles. The Morgan fingerprint density at radius 3 is 2.44 bits per heavy atom. The van der Waals surface area contributed by atoms with Crippen molar-refractivity contribution in [1.82, 2.24) is 3.97 Å². The Kier molecular flexibility index (Phi) is 6.77. The van der Waals surface area contributed by atoms with Crippen LogP contribution in [0.4, 0.5) is 8.78 Å². The predicted octanol–water partition coefficient (Wildman–Crippen LogP) is 5.23. The molecule has 0 aliphatic rings. The number of aryl methyl sites for hydroxylation is 1. The highest BCUT2D eigenvalue weighted by molar-refractivity contribution is 7.90. The van der Waals surface area contributed by atoms with Crippen LogP contribution in [0.2, 0.25) is 0 Å². The molecule has 7 nitrogen and oxygen atoms in total. The Morgan fingerprint density at radius 1 is 1.06 bits per heavy atom. The molecule has 0 amide bonds. The van der Waals surface area contributed by atoms with Gasteiger partial charge in [-0.3, -0.25) is 4.79 Å². The number of aromatic nitrogens is 1. The van der Waals surface area contributed by atoms with Crippen LogP contribution in [0.5, 0.6) is 11.5 Å². The van der Waals surface area contributed by atoms with Gasteiger partial charge in [-0.25, -0.2) is 21.2 Å². The number of nitrogens with zero attached hydrogens (tertiary/aromatic N) is 2. The van der Waals surface area contributed by atoms with Crippen LogP contribution < -0.4 is 4.74 Å². The molecule has 0 atom stereocenters. The Labute approximate surface area is 206 Å². The number of hydrogen-bond donors (Lipinski definition) is 0. The lowest BCUT2D eigenvalue weighted by Crippen LogP contribution is -2.13. The van der Waals surface area contributed by atoms with Gasteiger partial charge in [0.2, 0.25) is 0 Å². The van der Waals surface area contributed by atoms with Crippen molar-refractivity contribution in [1.29, 1.82) is 5.26 Å². The molecule has 0 fully saturated rings. The molecule has 0 radical (unpaired) electrons. The minimum Gasteiger partial charge on any atom is -0.466 e. The highest BCUT2D eigenvalue weighted by Gasteiger charge is 2.25. The predicted molar refractivity (Wildman–Crippen MR) is 127 cm³/mol. The fourth-order valence-corrected chi connectivity index (χ4v) is 5.06. The van der Waals surface area contributed by atoms with Crippen LogP contribution in [0.15, 0.2) is 65.7 Å². The molecule has 1 aromatic heterocycles. The zero-order chi connectivity index (χ0) is 26.0. The Bertz CT molecular complexity index is 1620. The van der Waals surface area contributed by atoms with Gasteiger partial charge in [-0.2, -0.15) is 5.26 Å². The van der Waals surface area contributed by atoms with Gasteiger partial charge in [-0.1, -0.05) is 17.7 Å². The van der Waals surface area contributed by atoms with Crippen molar-refractivity contribution in [2.75, 3.05) is 6.61 Å². The normalized spacial score (nSPS) is 11.3. The molecule has 3 aromatic carbocycles. The average Bonchev–Trinajstić information content (AvgIpc) is 3.27. The van der Waals surface area contributed by atoms with Gasteiger partial charge in [0.15, 0.2) is 11.6 Å². The Morgan fingerprint density at radius 2 is 1.78 bits per heavy atom. The zero-order valence-electron chi connectivity index (χ0n) is 19.3. The molecule has 184 valence electrons. The van der Waals surface area contributed by atoms with E-state index in [9.17, 15) is 17.6 Å². The van der Waals surface area contributed by atoms with E-state index >= 15 is 4.39 Å². The van der Waals surface area contributed by atoms with Gasteiger partial charge in [0.05, 0.1) is 29.0 Å². The topological polar surface area (TPSA) is 98.4 Å². The summed E-state index contributed by atoms with van der Waals surface area (Å²) < 4.78 is 67.4. The lowest BCUT2D eigenvalue weighted by Gasteiger charge is -2.15. The molecule has 1 heterocycles. The van der Waals surface area contributed by atoms with Crippen molar-refractivity contribution in [3.05, 3.63) is 89.1 Å².